The second kappa shape index (κ2) is 7.27. The van der Waals surface area contributed by atoms with Crippen LogP contribution in [0.1, 0.15) is 32.6 Å². The van der Waals surface area contributed by atoms with Crippen molar-refractivity contribution in [3.8, 4) is 0 Å². The topological polar surface area (TPSA) is 66.8 Å². The molecule has 17 heavy (non-hydrogen) atoms. The third-order valence-electron chi connectivity index (χ3n) is 3.01. The number of aliphatic carboxylic acids is 1. The average molecular weight is 243 g/mol. The van der Waals surface area contributed by atoms with Crippen molar-refractivity contribution in [1.82, 2.24) is 4.90 Å². The molecule has 1 amide bonds. The molecule has 1 atom stereocenters. The van der Waals surface area contributed by atoms with E-state index < -0.39 is 5.97 Å². The first-order chi connectivity index (χ1) is 8.15. The van der Waals surface area contributed by atoms with Crippen LogP contribution in [0, 0.1) is 5.92 Å². The first-order valence-corrected chi connectivity index (χ1v) is 6.23. The number of ether oxygens (including phenoxy) is 1. The van der Waals surface area contributed by atoms with Crippen molar-refractivity contribution in [3.05, 3.63) is 0 Å². The van der Waals surface area contributed by atoms with Crippen LogP contribution in [0.15, 0.2) is 0 Å². The number of amides is 1. The van der Waals surface area contributed by atoms with Crippen molar-refractivity contribution in [2.75, 3.05) is 26.3 Å². The first-order valence-electron chi connectivity index (χ1n) is 6.23. The fourth-order valence-corrected chi connectivity index (χ4v) is 2.03. The summed E-state index contributed by atoms with van der Waals surface area (Å²) < 4.78 is 5.17. The van der Waals surface area contributed by atoms with E-state index >= 15 is 0 Å². The number of rotatable bonds is 6. The van der Waals surface area contributed by atoms with Crippen molar-refractivity contribution >= 4 is 11.9 Å². The fraction of sp³-hybridized carbons (Fsp3) is 0.833. The molecular formula is C12H21NO4. The summed E-state index contributed by atoms with van der Waals surface area (Å²) in [5, 5.41) is 8.93. The van der Waals surface area contributed by atoms with Gasteiger partial charge in [-0.15, -0.1) is 0 Å². The van der Waals surface area contributed by atoms with E-state index in [-0.39, 0.29) is 11.8 Å². The maximum Gasteiger partial charge on any atom is 0.308 e. The lowest BCUT2D eigenvalue weighted by atomic mass is 9.98. The minimum Gasteiger partial charge on any atom is -0.481 e. The van der Waals surface area contributed by atoms with Crippen LogP contribution in [0.25, 0.3) is 0 Å². The molecule has 98 valence electrons. The summed E-state index contributed by atoms with van der Waals surface area (Å²) in [5.41, 5.74) is 0. The number of carbonyl (C=O) groups excluding carboxylic acids is 1. The van der Waals surface area contributed by atoms with Gasteiger partial charge < -0.3 is 14.7 Å². The van der Waals surface area contributed by atoms with Gasteiger partial charge in [-0.1, -0.05) is 0 Å². The Bertz CT molecular complexity index is 267. The molecule has 1 aliphatic heterocycles. The van der Waals surface area contributed by atoms with E-state index in [0.29, 0.717) is 45.6 Å². The van der Waals surface area contributed by atoms with Gasteiger partial charge >= 0.3 is 5.97 Å². The third kappa shape index (κ3) is 4.73. The molecule has 5 heteroatoms. The predicted molar refractivity (Wildman–Crippen MR) is 62.7 cm³/mol. The Balaban J connectivity index is 2.28. The molecule has 1 rings (SSSR count). The summed E-state index contributed by atoms with van der Waals surface area (Å²) in [7, 11) is 0. The molecule has 1 unspecified atom stereocenters. The number of carboxylic acid groups (broad SMARTS) is 1. The van der Waals surface area contributed by atoms with Crippen molar-refractivity contribution in [1.29, 1.82) is 0 Å². The van der Waals surface area contributed by atoms with Crippen LogP contribution in [-0.2, 0) is 14.3 Å². The monoisotopic (exact) mass is 243 g/mol. The number of hydrogen-bond acceptors (Lipinski definition) is 3. The zero-order chi connectivity index (χ0) is 12.7. The highest BCUT2D eigenvalue weighted by molar-refractivity contribution is 5.78. The maximum absolute atomic E-state index is 11.8. The molecule has 0 bridgehead atoms. The van der Waals surface area contributed by atoms with E-state index in [9.17, 15) is 9.59 Å². The smallest absolute Gasteiger partial charge is 0.308 e. The zero-order valence-electron chi connectivity index (χ0n) is 10.4. The van der Waals surface area contributed by atoms with Gasteiger partial charge in [-0.2, -0.15) is 0 Å². The van der Waals surface area contributed by atoms with Gasteiger partial charge in [0.25, 0.3) is 0 Å². The summed E-state index contributed by atoms with van der Waals surface area (Å²) in [6.07, 6.45) is 2.62. The Labute approximate surface area is 102 Å². The number of likely N-dealkylation sites (tertiary alicyclic amines) is 1. The van der Waals surface area contributed by atoms with Gasteiger partial charge in [0, 0.05) is 32.7 Å². The number of carbonyl (C=O) groups is 2. The third-order valence-corrected chi connectivity index (χ3v) is 3.01. The normalized spacial score (nSPS) is 20.3. The molecule has 1 saturated heterocycles. The molecule has 0 radical (unpaired) electrons. The lowest BCUT2D eigenvalue weighted by molar-refractivity contribution is -0.145. The lowest BCUT2D eigenvalue weighted by Crippen LogP contribution is -2.42. The molecule has 1 fully saturated rings. The van der Waals surface area contributed by atoms with Crippen LogP contribution in [0.4, 0.5) is 0 Å². The minimum absolute atomic E-state index is 0.0515. The minimum atomic E-state index is -0.795. The van der Waals surface area contributed by atoms with Crippen molar-refractivity contribution in [3.63, 3.8) is 0 Å². The van der Waals surface area contributed by atoms with Crippen molar-refractivity contribution in [2.24, 2.45) is 5.92 Å². The van der Waals surface area contributed by atoms with Gasteiger partial charge in [0.1, 0.15) is 0 Å². The number of carboxylic acids is 1. The summed E-state index contributed by atoms with van der Waals surface area (Å²) >= 11 is 0. The van der Waals surface area contributed by atoms with Crippen LogP contribution in [0.2, 0.25) is 0 Å². The average Bonchev–Trinajstić information content (AvgIpc) is 2.34. The van der Waals surface area contributed by atoms with E-state index in [1.54, 1.807) is 4.90 Å². The Hall–Kier alpha value is -1.10. The molecule has 0 aromatic carbocycles. The lowest BCUT2D eigenvalue weighted by Gasteiger charge is -2.30. The molecule has 1 N–H and O–H groups in total. The summed E-state index contributed by atoms with van der Waals surface area (Å²) in [5.74, 6) is -1.13. The number of hydrogen-bond donors (Lipinski definition) is 1. The molecule has 0 saturated carbocycles. The second-order valence-electron chi connectivity index (χ2n) is 4.32. The molecule has 1 heterocycles. The Morgan fingerprint density at radius 1 is 1.47 bits per heavy atom. The predicted octanol–water partition coefficient (Wildman–Crippen LogP) is 1.13. The van der Waals surface area contributed by atoms with Gasteiger partial charge in [-0.05, 0) is 26.2 Å². The van der Waals surface area contributed by atoms with Crippen molar-refractivity contribution < 1.29 is 19.4 Å². The SMILES string of the molecule is CCOCCCC(=O)N1CCCC(C(=O)O)C1. The summed E-state index contributed by atoms with van der Waals surface area (Å²) in [6, 6.07) is 0. The molecular weight excluding hydrogens is 222 g/mol. The van der Waals surface area contributed by atoms with E-state index in [0.717, 1.165) is 6.42 Å². The highest BCUT2D eigenvalue weighted by Gasteiger charge is 2.27. The van der Waals surface area contributed by atoms with Crippen LogP contribution < -0.4 is 0 Å². The zero-order valence-corrected chi connectivity index (χ0v) is 10.4. The Morgan fingerprint density at radius 2 is 2.24 bits per heavy atom. The molecule has 5 nitrogen and oxygen atoms in total. The Morgan fingerprint density at radius 3 is 2.88 bits per heavy atom. The van der Waals surface area contributed by atoms with E-state index in [2.05, 4.69) is 0 Å². The summed E-state index contributed by atoms with van der Waals surface area (Å²) in [6.45, 7) is 4.24. The Kier molecular flexibility index (Phi) is 5.97. The van der Waals surface area contributed by atoms with Gasteiger partial charge in [0.05, 0.1) is 5.92 Å². The highest BCUT2D eigenvalue weighted by Crippen LogP contribution is 2.17. The van der Waals surface area contributed by atoms with E-state index in [1.165, 1.54) is 0 Å². The first kappa shape index (κ1) is 14.0. The summed E-state index contributed by atoms with van der Waals surface area (Å²) in [4.78, 5) is 24.3. The maximum atomic E-state index is 11.8. The molecule has 0 aliphatic carbocycles. The molecule has 0 aromatic heterocycles. The number of piperidine rings is 1. The van der Waals surface area contributed by atoms with Gasteiger partial charge in [0.2, 0.25) is 5.91 Å². The molecule has 0 aromatic rings. The van der Waals surface area contributed by atoms with Gasteiger partial charge in [-0.25, -0.2) is 0 Å². The quantitative estimate of drug-likeness (QED) is 0.710. The fourth-order valence-electron chi connectivity index (χ4n) is 2.03. The van der Waals surface area contributed by atoms with E-state index in [4.69, 9.17) is 9.84 Å². The van der Waals surface area contributed by atoms with Gasteiger partial charge in [0.15, 0.2) is 0 Å². The highest BCUT2D eigenvalue weighted by atomic mass is 16.5. The van der Waals surface area contributed by atoms with Crippen LogP contribution in [-0.4, -0.2) is 48.2 Å². The van der Waals surface area contributed by atoms with Crippen LogP contribution >= 0.6 is 0 Å². The second-order valence-corrected chi connectivity index (χ2v) is 4.32. The van der Waals surface area contributed by atoms with Crippen molar-refractivity contribution in [2.45, 2.75) is 32.6 Å². The van der Waals surface area contributed by atoms with Gasteiger partial charge in [-0.3, -0.25) is 9.59 Å². The largest absolute Gasteiger partial charge is 0.481 e. The van der Waals surface area contributed by atoms with Crippen LogP contribution in [0.3, 0.4) is 0 Å². The molecule has 1 aliphatic rings. The molecule has 0 spiro atoms. The van der Waals surface area contributed by atoms with E-state index in [1.807, 2.05) is 6.92 Å². The standard InChI is InChI=1S/C12H21NO4/c1-2-17-8-4-6-11(14)13-7-3-5-10(9-13)12(15)16/h10H,2-9H2,1H3,(H,15,16). The van der Waals surface area contributed by atoms with Crippen LogP contribution in [0.5, 0.6) is 0 Å². The number of nitrogens with zero attached hydrogens (tertiary/aromatic N) is 1.